The van der Waals surface area contributed by atoms with Crippen molar-refractivity contribution in [1.29, 1.82) is 0 Å². The molecule has 0 aliphatic carbocycles. The van der Waals surface area contributed by atoms with Crippen LogP contribution >= 0.6 is 0 Å². The lowest BCUT2D eigenvalue weighted by molar-refractivity contribution is 0.0951. The molecule has 2 aromatic rings. The van der Waals surface area contributed by atoms with E-state index in [0.717, 1.165) is 11.3 Å². The molecule has 0 atom stereocenters. The van der Waals surface area contributed by atoms with E-state index < -0.39 is 0 Å². The maximum Gasteiger partial charge on any atom is 0.251 e. The molecule has 0 aromatic carbocycles. The van der Waals surface area contributed by atoms with Gasteiger partial charge in [-0.1, -0.05) is 0 Å². The zero-order chi connectivity index (χ0) is 12.3. The van der Waals surface area contributed by atoms with E-state index in [0.29, 0.717) is 17.9 Å². The monoisotopic (exact) mass is 231 g/mol. The van der Waals surface area contributed by atoms with Gasteiger partial charge in [-0.25, -0.2) is 0 Å². The Hall–Kier alpha value is -2.37. The molecule has 0 fully saturated rings. The summed E-state index contributed by atoms with van der Waals surface area (Å²) >= 11 is 0. The van der Waals surface area contributed by atoms with Gasteiger partial charge in [0.15, 0.2) is 0 Å². The Balaban J connectivity index is 2.01. The second-order valence-electron chi connectivity index (χ2n) is 3.68. The maximum atomic E-state index is 11.8. The summed E-state index contributed by atoms with van der Waals surface area (Å²) in [6, 6.07) is 3.40. The van der Waals surface area contributed by atoms with Gasteiger partial charge in [-0.15, -0.1) is 0 Å². The normalized spacial score (nSPS) is 10.2. The van der Waals surface area contributed by atoms with E-state index in [1.807, 2.05) is 6.92 Å². The number of nitrogens with one attached hydrogen (secondary N) is 2. The Morgan fingerprint density at radius 1 is 1.59 bits per heavy atom. The molecule has 88 valence electrons. The number of rotatable bonds is 3. The lowest BCUT2D eigenvalue weighted by atomic mass is 10.2. The third-order valence-corrected chi connectivity index (χ3v) is 2.35. The van der Waals surface area contributed by atoms with Crippen LogP contribution in [0.3, 0.4) is 0 Å². The van der Waals surface area contributed by atoms with Crippen LogP contribution in [0.15, 0.2) is 24.5 Å². The first kappa shape index (κ1) is 11.1. The number of amides is 1. The van der Waals surface area contributed by atoms with Gasteiger partial charge in [-0.3, -0.25) is 14.9 Å². The SMILES string of the molecule is Cc1cc(C(=O)NCc2cn[nH]c2N)ccn1. The molecule has 0 unspecified atom stereocenters. The van der Waals surface area contributed by atoms with Gasteiger partial charge in [-0.05, 0) is 19.1 Å². The number of hydrogen-bond donors (Lipinski definition) is 3. The minimum atomic E-state index is -0.156. The van der Waals surface area contributed by atoms with Crippen LogP contribution in [0, 0.1) is 6.92 Å². The van der Waals surface area contributed by atoms with Crippen LogP contribution in [0.1, 0.15) is 21.6 Å². The zero-order valence-corrected chi connectivity index (χ0v) is 9.40. The van der Waals surface area contributed by atoms with E-state index in [1.165, 1.54) is 0 Å². The predicted molar refractivity (Wildman–Crippen MR) is 63.1 cm³/mol. The van der Waals surface area contributed by atoms with Gasteiger partial charge in [0.1, 0.15) is 5.82 Å². The highest BCUT2D eigenvalue weighted by Crippen LogP contribution is 2.06. The fraction of sp³-hybridized carbons (Fsp3) is 0.182. The van der Waals surface area contributed by atoms with Crippen molar-refractivity contribution in [2.24, 2.45) is 0 Å². The van der Waals surface area contributed by atoms with Crippen LogP contribution in [-0.4, -0.2) is 21.1 Å². The van der Waals surface area contributed by atoms with Crippen molar-refractivity contribution in [3.8, 4) is 0 Å². The molecule has 6 heteroatoms. The largest absolute Gasteiger partial charge is 0.384 e. The Morgan fingerprint density at radius 2 is 2.41 bits per heavy atom. The van der Waals surface area contributed by atoms with Gasteiger partial charge in [0.2, 0.25) is 0 Å². The van der Waals surface area contributed by atoms with Crippen molar-refractivity contribution in [1.82, 2.24) is 20.5 Å². The summed E-state index contributed by atoms with van der Waals surface area (Å²) in [5.41, 5.74) is 7.77. The third kappa shape index (κ3) is 2.60. The van der Waals surface area contributed by atoms with E-state index in [9.17, 15) is 4.79 Å². The molecular formula is C11H13N5O. The molecule has 0 bridgehead atoms. The van der Waals surface area contributed by atoms with E-state index in [1.54, 1.807) is 24.5 Å². The number of pyridine rings is 1. The molecule has 2 rings (SSSR count). The molecule has 2 heterocycles. The highest BCUT2D eigenvalue weighted by atomic mass is 16.1. The first-order valence-corrected chi connectivity index (χ1v) is 5.15. The lowest BCUT2D eigenvalue weighted by Gasteiger charge is -2.04. The van der Waals surface area contributed by atoms with Crippen LogP contribution in [0.5, 0.6) is 0 Å². The molecule has 1 amide bonds. The second kappa shape index (κ2) is 4.65. The van der Waals surface area contributed by atoms with Gasteiger partial charge in [-0.2, -0.15) is 5.10 Å². The number of carbonyl (C=O) groups is 1. The van der Waals surface area contributed by atoms with Crippen molar-refractivity contribution < 1.29 is 4.79 Å². The zero-order valence-electron chi connectivity index (χ0n) is 9.40. The fourth-order valence-electron chi connectivity index (χ4n) is 1.43. The quantitative estimate of drug-likeness (QED) is 0.721. The maximum absolute atomic E-state index is 11.8. The van der Waals surface area contributed by atoms with Crippen LogP contribution in [-0.2, 0) is 6.54 Å². The number of carbonyl (C=O) groups excluding carboxylic acids is 1. The van der Waals surface area contributed by atoms with Gasteiger partial charge in [0.05, 0.1) is 6.20 Å². The van der Waals surface area contributed by atoms with E-state index in [4.69, 9.17) is 5.73 Å². The highest BCUT2D eigenvalue weighted by molar-refractivity contribution is 5.94. The van der Waals surface area contributed by atoms with Crippen molar-refractivity contribution in [3.63, 3.8) is 0 Å². The van der Waals surface area contributed by atoms with Crippen LogP contribution in [0.4, 0.5) is 5.82 Å². The standard InChI is InChI=1S/C11H13N5O/c1-7-4-8(2-3-13-7)11(17)14-5-9-6-15-16-10(9)12/h2-4,6H,5H2,1H3,(H,14,17)(H3,12,15,16). The number of nitrogens with zero attached hydrogens (tertiary/aromatic N) is 2. The van der Waals surface area contributed by atoms with Crippen molar-refractivity contribution >= 4 is 11.7 Å². The number of H-pyrrole nitrogens is 1. The molecule has 17 heavy (non-hydrogen) atoms. The first-order chi connectivity index (χ1) is 8.16. The molecule has 0 saturated heterocycles. The molecule has 0 saturated carbocycles. The minimum absolute atomic E-state index is 0.156. The summed E-state index contributed by atoms with van der Waals surface area (Å²) in [6.45, 7) is 2.19. The number of hydrogen-bond acceptors (Lipinski definition) is 4. The van der Waals surface area contributed by atoms with Crippen molar-refractivity contribution in [3.05, 3.63) is 41.3 Å². The molecule has 0 aliphatic rings. The average molecular weight is 231 g/mol. The number of nitrogen functional groups attached to an aromatic ring is 1. The summed E-state index contributed by atoms with van der Waals surface area (Å²) in [5.74, 6) is 0.312. The summed E-state index contributed by atoms with van der Waals surface area (Å²) in [5, 5.41) is 9.15. The van der Waals surface area contributed by atoms with E-state index >= 15 is 0 Å². The number of nitrogens with two attached hydrogens (primary N) is 1. The lowest BCUT2D eigenvalue weighted by Crippen LogP contribution is -2.23. The summed E-state index contributed by atoms with van der Waals surface area (Å²) < 4.78 is 0. The third-order valence-electron chi connectivity index (χ3n) is 2.35. The molecular weight excluding hydrogens is 218 g/mol. The molecule has 0 radical (unpaired) electrons. The Bertz CT molecular complexity index is 534. The molecule has 0 spiro atoms. The Labute approximate surface area is 98.3 Å². The van der Waals surface area contributed by atoms with Crippen LogP contribution < -0.4 is 11.1 Å². The summed E-state index contributed by atoms with van der Waals surface area (Å²) in [6.07, 6.45) is 3.20. The molecule has 2 aromatic heterocycles. The van der Waals surface area contributed by atoms with Gasteiger partial charge >= 0.3 is 0 Å². The number of aryl methyl sites for hydroxylation is 1. The van der Waals surface area contributed by atoms with E-state index in [-0.39, 0.29) is 5.91 Å². The van der Waals surface area contributed by atoms with Gasteiger partial charge in [0, 0.05) is 29.6 Å². The number of anilines is 1. The first-order valence-electron chi connectivity index (χ1n) is 5.15. The highest BCUT2D eigenvalue weighted by Gasteiger charge is 2.07. The van der Waals surface area contributed by atoms with Crippen molar-refractivity contribution in [2.75, 3.05) is 5.73 Å². The fourth-order valence-corrected chi connectivity index (χ4v) is 1.43. The summed E-state index contributed by atoms with van der Waals surface area (Å²) in [7, 11) is 0. The van der Waals surface area contributed by atoms with Gasteiger partial charge < -0.3 is 11.1 Å². The smallest absolute Gasteiger partial charge is 0.251 e. The molecule has 4 N–H and O–H groups in total. The van der Waals surface area contributed by atoms with Crippen molar-refractivity contribution in [2.45, 2.75) is 13.5 Å². The Kier molecular flexibility index (Phi) is 3.04. The number of aromatic amines is 1. The predicted octanol–water partition coefficient (Wildman–Crippen LogP) is 0.625. The van der Waals surface area contributed by atoms with Gasteiger partial charge in [0.25, 0.3) is 5.91 Å². The van der Waals surface area contributed by atoms with Crippen LogP contribution in [0.25, 0.3) is 0 Å². The summed E-state index contributed by atoms with van der Waals surface area (Å²) in [4.78, 5) is 15.8. The molecule has 0 aliphatic heterocycles. The number of aromatic nitrogens is 3. The van der Waals surface area contributed by atoms with Crippen LogP contribution in [0.2, 0.25) is 0 Å². The second-order valence-corrected chi connectivity index (χ2v) is 3.68. The van der Waals surface area contributed by atoms with E-state index in [2.05, 4.69) is 20.5 Å². The average Bonchev–Trinajstić information content (AvgIpc) is 2.72. The minimum Gasteiger partial charge on any atom is -0.384 e. The molecule has 6 nitrogen and oxygen atoms in total. The topological polar surface area (TPSA) is 96.7 Å². The Morgan fingerprint density at radius 3 is 3.06 bits per heavy atom.